The van der Waals surface area contributed by atoms with Crippen molar-refractivity contribution in [3.05, 3.63) is 53.8 Å². The first-order valence-corrected chi connectivity index (χ1v) is 9.88. The molecule has 1 unspecified atom stereocenters. The Bertz CT molecular complexity index is 923. The maximum atomic E-state index is 12.0. The third-order valence-corrected chi connectivity index (χ3v) is 5.25. The van der Waals surface area contributed by atoms with Crippen LogP contribution >= 0.6 is 0 Å². The fraction of sp³-hybridized carbons (Fsp3) is 0.381. The van der Waals surface area contributed by atoms with Crippen LogP contribution < -0.4 is 5.32 Å². The van der Waals surface area contributed by atoms with Gasteiger partial charge in [-0.1, -0.05) is 40.7 Å². The minimum atomic E-state index is -1.34. The number of carbonyl (C=O) groups excluding carboxylic acids is 1. The zero-order valence-corrected chi connectivity index (χ0v) is 16.4. The minimum Gasteiger partial charge on any atom is -0.393 e. The third kappa shape index (κ3) is 4.52. The number of amides is 1. The first-order chi connectivity index (χ1) is 14.6. The number of carbonyl (C=O) groups is 1. The van der Waals surface area contributed by atoms with Gasteiger partial charge in [-0.25, -0.2) is 0 Å². The van der Waals surface area contributed by atoms with Gasteiger partial charge in [0.2, 0.25) is 0 Å². The smallest absolute Gasteiger partial charge is 0.254 e. The van der Waals surface area contributed by atoms with E-state index >= 15 is 0 Å². The molecule has 0 spiro atoms. The van der Waals surface area contributed by atoms with Gasteiger partial charge in [0.25, 0.3) is 5.91 Å². The molecule has 9 nitrogen and oxygen atoms in total. The van der Waals surface area contributed by atoms with Gasteiger partial charge in [0.05, 0.1) is 18.9 Å². The number of hydrogen-bond acceptors (Lipinski definition) is 8. The standard InChI is InChI=1S/C21H24N4O5/c26-13-19(27)21(28)25-8-5-15(6-9-25)14-1-3-16(4-2-14)18-11-17(30-23-18)12-22-20-7-10-29-24-20/h1-5,7,10,17,19,26-27H,6,8-9,11-13H2,(H,22,24)/t17?,19-/m0/s1. The van der Waals surface area contributed by atoms with Gasteiger partial charge in [0.15, 0.2) is 11.9 Å². The molecule has 0 saturated carbocycles. The molecular weight excluding hydrogens is 388 g/mol. The molecule has 1 amide bonds. The number of aromatic nitrogens is 1. The van der Waals surface area contributed by atoms with Crippen LogP contribution in [0.1, 0.15) is 24.0 Å². The van der Waals surface area contributed by atoms with Crippen LogP contribution in [0.5, 0.6) is 0 Å². The maximum Gasteiger partial charge on any atom is 0.254 e. The molecule has 3 heterocycles. The lowest BCUT2D eigenvalue weighted by Gasteiger charge is -2.28. The van der Waals surface area contributed by atoms with E-state index in [2.05, 4.69) is 15.6 Å². The van der Waals surface area contributed by atoms with Crippen molar-refractivity contribution in [2.75, 3.05) is 31.6 Å². The Labute approximate surface area is 173 Å². The molecule has 0 saturated heterocycles. The Morgan fingerprint density at radius 1 is 1.27 bits per heavy atom. The van der Waals surface area contributed by atoms with Crippen LogP contribution in [0.15, 0.2) is 52.3 Å². The van der Waals surface area contributed by atoms with Gasteiger partial charge in [0, 0.05) is 25.6 Å². The van der Waals surface area contributed by atoms with Gasteiger partial charge in [-0.15, -0.1) is 0 Å². The predicted molar refractivity (Wildman–Crippen MR) is 110 cm³/mol. The summed E-state index contributed by atoms with van der Waals surface area (Å²) in [5, 5.41) is 29.6. The largest absolute Gasteiger partial charge is 0.393 e. The molecule has 158 valence electrons. The van der Waals surface area contributed by atoms with Crippen LogP contribution in [0, 0.1) is 0 Å². The van der Waals surface area contributed by atoms with E-state index in [4.69, 9.17) is 14.5 Å². The summed E-state index contributed by atoms with van der Waals surface area (Å²) in [5.74, 6) is 0.235. The lowest BCUT2D eigenvalue weighted by Crippen LogP contribution is -2.42. The first-order valence-electron chi connectivity index (χ1n) is 9.88. The summed E-state index contributed by atoms with van der Waals surface area (Å²) in [6.45, 7) is 0.973. The molecule has 3 N–H and O–H groups in total. The number of oxime groups is 1. The van der Waals surface area contributed by atoms with E-state index in [9.17, 15) is 9.90 Å². The zero-order valence-electron chi connectivity index (χ0n) is 16.4. The number of nitrogens with zero attached hydrogens (tertiary/aromatic N) is 3. The van der Waals surface area contributed by atoms with Gasteiger partial charge in [-0.05, 0) is 23.1 Å². The number of hydrogen-bond donors (Lipinski definition) is 3. The normalized spacial score (nSPS) is 19.7. The maximum absolute atomic E-state index is 12.0. The molecule has 0 radical (unpaired) electrons. The average molecular weight is 412 g/mol. The average Bonchev–Trinajstić information content (AvgIpc) is 3.49. The fourth-order valence-electron chi connectivity index (χ4n) is 3.53. The zero-order chi connectivity index (χ0) is 20.9. The van der Waals surface area contributed by atoms with Gasteiger partial charge in [0.1, 0.15) is 12.4 Å². The van der Waals surface area contributed by atoms with Crippen molar-refractivity contribution in [3.8, 4) is 0 Å². The second-order valence-electron chi connectivity index (χ2n) is 7.27. The number of nitrogens with one attached hydrogen (secondary N) is 1. The molecule has 1 aromatic carbocycles. The molecule has 4 rings (SSSR count). The molecule has 2 aliphatic rings. The fourth-order valence-corrected chi connectivity index (χ4v) is 3.53. The summed E-state index contributed by atoms with van der Waals surface area (Å²) >= 11 is 0. The summed E-state index contributed by atoms with van der Waals surface area (Å²) in [4.78, 5) is 19.0. The summed E-state index contributed by atoms with van der Waals surface area (Å²) in [6.07, 6.45) is 3.50. The Balaban J connectivity index is 1.31. The molecule has 2 aromatic rings. The van der Waals surface area contributed by atoms with Crippen LogP contribution in [-0.2, 0) is 9.63 Å². The molecule has 30 heavy (non-hydrogen) atoms. The Morgan fingerprint density at radius 3 is 2.73 bits per heavy atom. The monoisotopic (exact) mass is 412 g/mol. The third-order valence-electron chi connectivity index (χ3n) is 5.25. The van der Waals surface area contributed by atoms with Gasteiger partial charge < -0.3 is 29.8 Å². The Kier molecular flexibility index (Phi) is 6.10. The van der Waals surface area contributed by atoms with E-state index < -0.39 is 18.6 Å². The topological polar surface area (TPSA) is 120 Å². The molecule has 1 aromatic heterocycles. The SMILES string of the molecule is O=C([C@@H](O)CO)N1CC=C(c2ccc(C3=NOC(CNc4ccon4)C3)cc2)CC1. The number of aliphatic hydroxyl groups excluding tert-OH is 2. The van der Waals surface area contributed by atoms with Crippen LogP contribution in [-0.4, -0.2) is 70.3 Å². The van der Waals surface area contributed by atoms with Crippen molar-refractivity contribution < 1.29 is 24.4 Å². The Hall–Kier alpha value is -3.17. The van der Waals surface area contributed by atoms with Gasteiger partial charge in [-0.3, -0.25) is 4.79 Å². The van der Waals surface area contributed by atoms with Crippen molar-refractivity contribution in [2.24, 2.45) is 5.16 Å². The van der Waals surface area contributed by atoms with Crippen molar-refractivity contribution in [2.45, 2.75) is 25.0 Å². The van der Waals surface area contributed by atoms with Crippen molar-refractivity contribution >= 4 is 23.0 Å². The summed E-state index contributed by atoms with van der Waals surface area (Å²) in [7, 11) is 0. The summed E-state index contributed by atoms with van der Waals surface area (Å²) < 4.78 is 4.79. The van der Waals surface area contributed by atoms with E-state index in [1.807, 2.05) is 30.3 Å². The number of benzene rings is 1. The highest BCUT2D eigenvalue weighted by Gasteiger charge is 2.24. The molecular formula is C21H24N4O5. The highest BCUT2D eigenvalue weighted by molar-refractivity contribution is 6.01. The summed E-state index contributed by atoms with van der Waals surface area (Å²) in [5.41, 5.74) is 4.17. The molecule has 2 atom stereocenters. The second-order valence-corrected chi connectivity index (χ2v) is 7.27. The van der Waals surface area contributed by atoms with Gasteiger partial charge in [-0.2, -0.15) is 0 Å². The van der Waals surface area contributed by atoms with E-state index in [1.165, 1.54) is 6.26 Å². The van der Waals surface area contributed by atoms with Crippen molar-refractivity contribution in [3.63, 3.8) is 0 Å². The van der Waals surface area contributed by atoms with Gasteiger partial charge >= 0.3 is 0 Å². The van der Waals surface area contributed by atoms with E-state index in [0.29, 0.717) is 38.3 Å². The Morgan fingerprint density at radius 2 is 2.07 bits per heavy atom. The van der Waals surface area contributed by atoms with E-state index in [0.717, 1.165) is 22.4 Å². The molecule has 0 bridgehead atoms. The van der Waals surface area contributed by atoms with Crippen LogP contribution in [0.25, 0.3) is 5.57 Å². The quantitative estimate of drug-likeness (QED) is 0.626. The highest BCUT2D eigenvalue weighted by Crippen LogP contribution is 2.24. The minimum absolute atomic E-state index is 0.0600. The van der Waals surface area contributed by atoms with E-state index in [1.54, 1.807) is 11.0 Å². The molecule has 0 fully saturated rings. The van der Waals surface area contributed by atoms with Crippen LogP contribution in [0.2, 0.25) is 0 Å². The van der Waals surface area contributed by atoms with Crippen LogP contribution in [0.4, 0.5) is 5.82 Å². The van der Waals surface area contributed by atoms with Crippen molar-refractivity contribution in [1.82, 2.24) is 10.1 Å². The van der Waals surface area contributed by atoms with Crippen LogP contribution in [0.3, 0.4) is 0 Å². The predicted octanol–water partition coefficient (Wildman–Crippen LogP) is 1.25. The number of rotatable bonds is 7. The lowest BCUT2D eigenvalue weighted by molar-refractivity contribution is -0.141. The number of aliphatic hydroxyl groups is 2. The van der Waals surface area contributed by atoms with Crippen molar-refractivity contribution in [1.29, 1.82) is 0 Å². The van der Waals surface area contributed by atoms with E-state index in [-0.39, 0.29) is 6.10 Å². The second kappa shape index (κ2) is 9.10. The molecule has 9 heteroatoms. The summed E-state index contributed by atoms with van der Waals surface area (Å²) in [6, 6.07) is 9.90. The molecule has 0 aliphatic carbocycles. The highest BCUT2D eigenvalue weighted by atomic mass is 16.6. The lowest BCUT2D eigenvalue weighted by atomic mass is 9.96. The number of anilines is 1. The first kappa shape index (κ1) is 20.1. The molecule has 2 aliphatic heterocycles.